The zero-order chi connectivity index (χ0) is 15.9. The van der Waals surface area contributed by atoms with Gasteiger partial charge in [-0.2, -0.15) is 0 Å². The van der Waals surface area contributed by atoms with Gasteiger partial charge in [0.05, 0.1) is 5.56 Å². The maximum Gasteiger partial charge on any atom is 0.258 e. The predicted octanol–water partition coefficient (Wildman–Crippen LogP) is 2.89. The van der Waals surface area contributed by atoms with Crippen LogP contribution in [-0.2, 0) is 11.2 Å². The Balaban J connectivity index is 1.95. The van der Waals surface area contributed by atoms with Crippen LogP contribution in [-0.4, -0.2) is 11.8 Å². The van der Waals surface area contributed by atoms with E-state index in [4.69, 9.17) is 5.73 Å². The Morgan fingerprint density at radius 3 is 2.36 bits per heavy atom. The van der Waals surface area contributed by atoms with Crippen molar-refractivity contribution in [2.45, 2.75) is 19.3 Å². The van der Waals surface area contributed by atoms with Gasteiger partial charge in [-0.15, -0.1) is 0 Å². The van der Waals surface area contributed by atoms with E-state index >= 15 is 0 Å². The first kappa shape index (κ1) is 15.7. The molecule has 0 aliphatic carbocycles. The van der Waals surface area contributed by atoms with Crippen molar-refractivity contribution in [2.75, 3.05) is 5.32 Å². The molecule has 0 unspecified atom stereocenters. The smallest absolute Gasteiger partial charge is 0.258 e. The molecule has 0 saturated heterocycles. The lowest BCUT2D eigenvalue weighted by molar-refractivity contribution is -0.118. The molecule has 2 aromatic rings. The maximum absolute atomic E-state index is 13.5. The minimum absolute atomic E-state index is 0.00744. The van der Waals surface area contributed by atoms with E-state index in [2.05, 4.69) is 5.32 Å². The molecule has 0 fully saturated rings. The van der Waals surface area contributed by atoms with Crippen LogP contribution >= 0.6 is 0 Å². The summed E-state index contributed by atoms with van der Waals surface area (Å²) in [7, 11) is 0. The van der Waals surface area contributed by atoms with E-state index in [0.29, 0.717) is 18.5 Å². The number of hydrogen-bond acceptors (Lipinski definition) is 2. The second-order valence-corrected chi connectivity index (χ2v) is 4.95. The molecule has 114 valence electrons. The van der Waals surface area contributed by atoms with Crippen LogP contribution in [0.15, 0.2) is 48.5 Å². The zero-order valence-corrected chi connectivity index (χ0v) is 12.0. The molecule has 0 aromatic heterocycles. The molecular weight excluding hydrogens is 283 g/mol. The van der Waals surface area contributed by atoms with E-state index in [9.17, 15) is 14.0 Å². The molecule has 0 radical (unpaired) electrons. The average Bonchev–Trinajstić information content (AvgIpc) is 2.49. The van der Waals surface area contributed by atoms with Gasteiger partial charge in [0.15, 0.2) is 0 Å². The van der Waals surface area contributed by atoms with E-state index in [1.54, 1.807) is 18.2 Å². The average molecular weight is 300 g/mol. The highest BCUT2D eigenvalue weighted by Gasteiger charge is 2.10. The number of rotatable bonds is 6. The quantitative estimate of drug-likeness (QED) is 0.861. The molecule has 0 aliphatic rings. The highest BCUT2D eigenvalue weighted by Crippen LogP contribution is 2.14. The summed E-state index contributed by atoms with van der Waals surface area (Å²) in [5.41, 5.74) is 6.73. The van der Waals surface area contributed by atoms with E-state index in [1.165, 1.54) is 18.2 Å². The standard InChI is InChI=1S/C17H17FN2O2/c18-15-6-2-1-5-14(15)17(22)20-13-10-8-12(9-11-13)4-3-7-16(19)21/h1-2,5-6,8-11H,3-4,7H2,(H2,19,21)(H,20,22). The van der Waals surface area contributed by atoms with Gasteiger partial charge in [0.25, 0.3) is 5.91 Å². The Morgan fingerprint density at radius 1 is 1.05 bits per heavy atom. The number of amides is 2. The van der Waals surface area contributed by atoms with E-state index in [1.807, 2.05) is 12.1 Å². The van der Waals surface area contributed by atoms with Gasteiger partial charge >= 0.3 is 0 Å². The molecule has 0 atom stereocenters. The number of hydrogen-bond donors (Lipinski definition) is 2. The van der Waals surface area contributed by atoms with Crippen LogP contribution in [0, 0.1) is 5.82 Å². The summed E-state index contributed by atoms with van der Waals surface area (Å²) in [4.78, 5) is 22.6. The van der Waals surface area contributed by atoms with Crippen molar-refractivity contribution < 1.29 is 14.0 Å². The van der Waals surface area contributed by atoms with Crippen molar-refractivity contribution in [3.63, 3.8) is 0 Å². The first-order valence-electron chi connectivity index (χ1n) is 6.99. The highest BCUT2D eigenvalue weighted by molar-refractivity contribution is 6.04. The van der Waals surface area contributed by atoms with Gasteiger partial charge in [-0.05, 0) is 42.7 Å². The van der Waals surface area contributed by atoms with Crippen LogP contribution in [0.1, 0.15) is 28.8 Å². The Morgan fingerprint density at radius 2 is 1.73 bits per heavy atom. The fourth-order valence-corrected chi connectivity index (χ4v) is 2.07. The largest absolute Gasteiger partial charge is 0.370 e. The summed E-state index contributed by atoms with van der Waals surface area (Å²) >= 11 is 0. The lowest BCUT2D eigenvalue weighted by Gasteiger charge is -2.07. The molecule has 2 rings (SSSR count). The van der Waals surface area contributed by atoms with Gasteiger partial charge in [0.2, 0.25) is 5.91 Å². The molecule has 4 nitrogen and oxygen atoms in total. The van der Waals surface area contributed by atoms with Crippen LogP contribution in [0.25, 0.3) is 0 Å². The van der Waals surface area contributed by atoms with Gasteiger partial charge in [0.1, 0.15) is 5.82 Å². The number of nitrogens with one attached hydrogen (secondary N) is 1. The third-order valence-corrected chi connectivity index (χ3v) is 3.22. The number of benzene rings is 2. The Bertz CT molecular complexity index is 669. The molecule has 2 amide bonds. The van der Waals surface area contributed by atoms with Crippen molar-refractivity contribution >= 4 is 17.5 Å². The highest BCUT2D eigenvalue weighted by atomic mass is 19.1. The summed E-state index contributed by atoms with van der Waals surface area (Å²) in [5.74, 6) is -1.35. The summed E-state index contributed by atoms with van der Waals surface area (Å²) < 4.78 is 13.5. The fourth-order valence-electron chi connectivity index (χ4n) is 2.07. The summed E-state index contributed by atoms with van der Waals surface area (Å²) in [6, 6.07) is 13.0. The third kappa shape index (κ3) is 4.41. The molecule has 22 heavy (non-hydrogen) atoms. The van der Waals surface area contributed by atoms with Crippen molar-refractivity contribution in [3.8, 4) is 0 Å². The zero-order valence-electron chi connectivity index (χ0n) is 12.0. The van der Waals surface area contributed by atoms with Crippen molar-refractivity contribution in [3.05, 3.63) is 65.5 Å². The van der Waals surface area contributed by atoms with E-state index in [0.717, 1.165) is 12.0 Å². The minimum atomic E-state index is -0.553. The number of primary amides is 1. The van der Waals surface area contributed by atoms with Gasteiger partial charge in [-0.25, -0.2) is 4.39 Å². The van der Waals surface area contributed by atoms with Gasteiger partial charge < -0.3 is 11.1 Å². The van der Waals surface area contributed by atoms with E-state index in [-0.39, 0.29) is 11.5 Å². The number of aryl methyl sites for hydroxylation is 1. The molecule has 0 bridgehead atoms. The van der Waals surface area contributed by atoms with Crippen molar-refractivity contribution in [1.29, 1.82) is 0 Å². The molecule has 0 saturated carbocycles. The van der Waals surface area contributed by atoms with Gasteiger partial charge in [0, 0.05) is 12.1 Å². The van der Waals surface area contributed by atoms with Crippen molar-refractivity contribution in [1.82, 2.24) is 0 Å². The van der Waals surface area contributed by atoms with Crippen LogP contribution in [0.2, 0.25) is 0 Å². The maximum atomic E-state index is 13.5. The molecule has 0 heterocycles. The monoisotopic (exact) mass is 300 g/mol. The van der Waals surface area contributed by atoms with Crippen molar-refractivity contribution in [2.24, 2.45) is 5.73 Å². The van der Waals surface area contributed by atoms with Gasteiger partial charge in [-0.3, -0.25) is 9.59 Å². The molecule has 2 aromatic carbocycles. The van der Waals surface area contributed by atoms with E-state index < -0.39 is 11.7 Å². The van der Waals surface area contributed by atoms with Crippen LogP contribution in [0.4, 0.5) is 10.1 Å². The van der Waals surface area contributed by atoms with Crippen LogP contribution in [0.3, 0.4) is 0 Å². The summed E-state index contributed by atoms with van der Waals surface area (Å²) in [6.45, 7) is 0. The summed E-state index contributed by atoms with van der Waals surface area (Å²) in [6.07, 6.45) is 1.78. The Hall–Kier alpha value is -2.69. The van der Waals surface area contributed by atoms with Gasteiger partial charge in [-0.1, -0.05) is 24.3 Å². The predicted molar refractivity (Wildman–Crippen MR) is 82.9 cm³/mol. The Labute approximate surface area is 128 Å². The Kier molecular flexibility index (Phi) is 5.25. The normalized spacial score (nSPS) is 10.2. The summed E-state index contributed by atoms with van der Waals surface area (Å²) in [5, 5.41) is 2.65. The number of nitrogens with two attached hydrogens (primary N) is 1. The minimum Gasteiger partial charge on any atom is -0.370 e. The number of halogens is 1. The molecule has 5 heteroatoms. The topological polar surface area (TPSA) is 72.2 Å². The first-order chi connectivity index (χ1) is 10.6. The molecule has 3 N–H and O–H groups in total. The molecule has 0 spiro atoms. The lowest BCUT2D eigenvalue weighted by atomic mass is 10.1. The number of anilines is 1. The number of carbonyl (C=O) groups is 2. The second-order valence-electron chi connectivity index (χ2n) is 4.95. The van der Waals surface area contributed by atoms with Crippen LogP contribution < -0.4 is 11.1 Å². The molecule has 0 aliphatic heterocycles. The third-order valence-electron chi connectivity index (χ3n) is 3.22. The first-order valence-corrected chi connectivity index (χ1v) is 6.99. The molecular formula is C17H17FN2O2. The SMILES string of the molecule is NC(=O)CCCc1ccc(NC(=O)c2ccccc2F)cc1. The lowest BCUT2D eigenvalue weighted by Crippen LogP contribution is -2.13. The fraction of sp³-hybridized carbons (Fsp3) is 0.176. The number of carbonyl (C=O) groups excluding carboxylic acids is 2. The second kappa shape index (κ2) is 7.36. The van der Waals surface area contributed by atoms with Crippen LogP contribution in [0.5, 0.6) is 0 Å².